The van der Waals surface area contributed by atoms with Crippen LogP contribution in [0.5, 0.6) is 0 Å². The molecule has 0 aliphatic rings. The Bertz CT molecular complexity index is 426. The second kappa shape index (κ2) is 8.10. The fourth-order valence-electron chi connectivity index (χ4n) is 1.36. The van der Waals surface area contributed by atoms with Gasteiger partial charge in [-0.15, -0.1) is 0 Å². The van der Waals surface area contributed by atoms with Crippen molar-refractivity contribution >= 4 is 17.9 Å². The molecular formula is C13H18N2O4. The van der Waals surface area contributed by atoms with E-state index >= 15 is 0 Å². The summed E-state index contributed by atoms with van der Waals surface area (Å²) in [6.45, 7) is 0.488. The summed E-state index contributed by atoms with van der Waals surface area (Å²) in [7, 11) is 1.61. The van der Waals surface area contributed by atoms with E-state index in [0.717, 1.165) is 0 Å². The second-order valence-corrected chi connectivity index (χ2v) is 3.93. The van der Waals surface area contributed by atoms with Crippen LogP contribution in [0.3, 0.4) is 0 Å². The van der Waals surface area contributed by atoms with E-state index in [1.165, 1.54) is 17.2 Å². The Morgan fingerprint density at radius 1 is 1.53 bits per heavy atom. The highest BCUT2D eigenvalue weighted by Gasteiger charge is 2.07. The summed E-state index contributed by atoms with van der Waals surface area (Å²) in [6, 6.07) is 3.46. The van der Waals surface area contributed by atoms with Gasteiger partial charge < -0.3 is 19.7 Å². The van der Waals surface area contributed by atoms with E-state index in [-0.39, 0.29) is 31.4 Å². The number of aliphatic hydroxyl groups is 1. The van der Waals surface area contributed by atoms with Gasteiger partial charge in [-0.25, -0.2) is 0 Å². The molecule has 2 N–H and O–H groups in total. The molecule has 6 heteroatoms. The van der Waals surface area contributed by atoms with Gasteiger partial charge in [-0.3, -0.25) is 9.59 Å². The molecule has 0 unspecified atom stereocenters. The van der Waals surface area contributed by atoms with E-state index in [2.05, 4.69) is 5.32 Å². The van der Waals surface area contributed by atoms with Gasteiger partial charge in [-0.1, -0.05) is 0 Å². The standard InChI is InChI=1S/C13H18N2O4/c1-15(8-9-16)13(18)6-7-14-12(17)5-4-11-3-2-10-19-11/h2-5,10,16H,6-9H2,1H3,(H,14,17)/b5-4+. The monoisotopic (exact) mass is 266 g/mol. The minimum atomic E-state index is -0.283. The van der Waals surface area contributed by atoms with Crippen molar-refractivity contribution in [1.29, 1.82) is 0 Å². The summed E-state index contributed by atoms with van der Waals surface area (Å²) in [6.07, 6.45) is 4.62. The number of hydrogen-bond acceptors (Lipinski definition) is 4. The van der Waals surface area contributed by atoms with E-state index in [0.29, 0.717) is 12.3 Å². The van der Waals surface area contributed by atoms with Gasteiger partial charge in [0.05, 0.1) is 12.9 Å². The number of hydrogen-bond donors (Lipinski definition) is 2. The van der Waals surface area contributed by atoms with Crippen LogP contribution in [0.1, 0.15) is 12.2 Å². The van der Waals surface area contributed by atoms with Gasteiger partial charge in [0.2, 0.25) is 11.8 Å². The van der Waals surface area contributed by atoms with Gasteiger partial charge >= 0.3 is 0 Å². The van der Waals surface area contributed by atoms with Gasteiger partial charge in [0.15, 0.2) is 0 Å². The summed E-state index contributed by atoms with van der Waals surface area (Å²) in [5, 5.41) is 11.3. The maximum absolute atomic E-state index is 11.5. The molecule has 1 heterocycles. The molecular weight excluding hydrogens is 248 g/mol. The highest BCUT2D eigenvalue weighted by Crippen LogP contribution is 2.01. The topological polar surface area (TPSA) is 82.8 Å². The summed E-state index contributed by atoms with van der Waals surface area (Å²) < 4.78 is 5.03. The van der Waals surface area contributed by atoms with Crippen LogP contribution in [0.25, 0.3) is 6.08 Å². The first-order chi connectivity index (χ1) is 9.13. The summed E-state index contributed by atoms with van der Waals surface area (Å²) in [5.74, 6) is 0.187. The molecule has 2 amide bonds. The quantitative estimate of drug-likeness (QED) is 0.693. The predicted molar refractivity (Wildman–Crippen MR) is 70.1 cm³/mol. The number of nitrogens with zero attached hydrogens (tertiary/aromatic N) is 1. The Morgan fingerprint density at radius 3 is 2.95 bits per heavy atom. The maximum Gasteiger partial charge on any atom is 0.244 e. The number of carbonyl (C=O) groups is 2. The Morgan fingerprint density at radius 2 is 2.32 bits per heavy atom. The molecule has 0 saturated carbocycles. The van der Waals surface area contributed by atoms with E-state index in [9.17, 15) is 9.59 Å². The molecule has 104 valence electrons. The van der Waals surface area contributed by atoms with Crippen molar-refractivity contribution in [3.8, 4) is 0 Å². The first-order valence-electron chi connectivity index (χ1n) is 5.97. The van der Waals surface area contributed by atoms with Crippen LogP contribution in [0.2, 0.25) is 0 Å². The van der Waals surface area contributed by atoms with Gasteiger partial charge in [0.1, 0.15) is 5.76 Å². The van der Waals surface area contributed by atoms with Crippen molar-refractivity contribution in [2.24, 2.45) is 0 Å². The number of nitrogens with one attached hydrogen (secondary N) is 1. The number of aliphatic hydroxyl groups excluding tert-OH is 1. The van der Waals surface area contributed by atoms with Crippen molar-refractivity contribution in [3.63, 3.8) is 0 Å². The third-order valence-corrected chi connectivity index (χ3v) is 2.44. The number of rotatable bonds is 7. The SMILES string of the molecule is CN(CCO)C(=O)CCNC(=O)/C=C/c1ccco1. The fourth-order valence-corrected chi connectivity index (χ4v) is 1.36. The molecule has 1 aromatic heterocycles. The average molecular weight is 266 g/mol. The van der Waals surface area contributed by atoms with Crippen LogP contribution in [-0.2, 0) is 9.59 Å². The first kappa shape index (κ1) is 15.0. The van der Waals surface area contributed by atoms with Crippen LogP contribution in [-0.4, -0.2) is 48.6 Å². The summed E-state index contributed by atoms with van der Waals surface area (Å²) in [4.78, 5) is 24.3. The van der Waals surface area contributed by atoms with Crippen LogP contribution in [0.4, 0.5) is 0 Å². The summed E-state index contributed by atoms with van der Waals surface area (Å²) >= 11 is 0. The number of likely N-dealkylation sites (N-methyl/N-ethyl adjacent to an activating group) is 1. The van der Waals surface area contributed by atoms with Crippen LogP contribution in [0.15, 0.2) is 28.9 Å². The second-order valence-electron chi connectivity index (χ2n) is 3.93. The van der Waals surface area contributed by atoms with Crippen molar-refractivity contribution in [1.82, 2.24) is 10.2 Å². The molecule has 0 bridgehead atoms. The predicted octanol–water partition coefficient (Wildman–Crippen LogP) is 0.250. The van der Waals surface area contributed by atoms with E-state index in [4.69, 9.17) is 9.52 Å². The molecule has 0 spiro atoms. The molecule has 1 rings (SSSR count). The highest BCUT2D eigenvalue weighted by molar-refractivity contribution is 5.91. The van der Waals surface area contributed by atoms with Crippen molar-refractivity contribution in [2.75, 3.05) is 26.7 Å². The van der Waals surface area contributed by atoms with Gasteiger partial charge in [0, 0.05) is 32.6 Å². The van der Waals surface area contributed by atoms with Crippen LogP contribution in [0, 0.1) is 0 Å². The molecule has 0 fully saturated rings. The maximum atomic E-state index is 11.5. The summed E-state index contributed by atoms with van der Waals surface area (Å²) in [5.41, 5.74) is 0. The number of furan rings is 1. The Balaban J connectivity index is 2.22. The molecule has 6 nitrogen and oxygen atoms in total. The largest absolute Gasteiger partial charge is 0.465 e. The third kappa shape index (κ3) is 5.87. The third-order valence-electron chi connectivity index (χ3n) is 2.44. The number of amides is 2. The first-order valence-corrected chi connectivity index (χ1v) is 5.97. The minimum Gasteiger partial charge on any atom is -0.465 e. The molecule has 0 atom stereocenters. The van der Waals surface area contributed by atoms with Crippen LogP contribution < -0.4 is 5.32 Å². The van der Waals surface area contributed by atoms with Crippen molar-refractivity contribution < 1.29 is 19.1 Å². The average Bonchev–Trinajstić information content (AvgIpc) is 2.89. The zero-order valence-corrected chi connectivity index (χ0v) is 10.8. The molecule has 0 radical (unpaired) electrons. The molecule has 0 aliphatic heterocycles. The van der Waals surface area contributed by atoms with E-state index < -0.39 is 0 Å². The van der Waals surface area contributed by atoms with Gasteiger partial charge in [0.25, 0.3) is 0 Å². The van der Waals surface area contributed by atoms with E-state index in [1.54, 1.807) is 25.3 Å². The number of carbonyl (C=O) groups excluding carboxylic acids is 2. The Kier molecular flexibility index (Phi) is 6.38. The lowest BCUT2D eigenvalue weighted by Crippen LogP contribution is -2.33. The lowest BCUT2D eigenvalue weighted by atomic mass is 10.3. The lowest BCUT2D eigenvalue weighted by molar-refractivity contribution is -0.130. The molecule has 0 saturated heterocycles. The lowest BCUT2D eigenvalue weighted by Gasteiger charge is -2.15. The normalized spacial score (nSPS) is 10.6. The Hall–Kier alpha value is -2.08. The minimum absolute atomic E-state index is 0.0690. The van der Waals surface area contributed by atoms with Gasteiger partial charge in [-0.05, 0) is 18.2 Å². The molecule has 19 heavy (non-hydrogen) atoms. The van der Waals surface area contributed by atoms with Crippen molar-refractivity contribution in [3.05, 3.63) is 30.2 Å². The van der Waals surface area contributed by atoms with Crippen LogP contribution >= 0.6 is 0 Å². The molecule has 0 aromatic carbocycles. The highest BCUT2D eigenvalue weighted by atomic mass is 16.3. The van der Waals surface area contributed by atoms with E-state index in [1.807, 2.05) is 0 Å². The van der Waals surface area contributed by atoms with Crippen molar-refractivity contribution in [2.45, 2.75) is 6.42 Å². The zero-order chi connectivity index (χ0) is 14.1. The molecule has 0 aliphatic carbocycles. The smallest absolute Gasteiger partial charge is 0.244 e. The Labute approximate surface area is 111 Å². The van der Waals surface area contributed by atoms with Gasteiger partial charge in [-0.2, -0.15) is 0 Å². The molecule has 1 aromatic rings. The fraction of sp³-hybridized carbons (Fsp3) is 0.385. The zero-order valence-electron chi connectivity index (χ0n) is 10.8.